The van der Waals surface area contributed by atoms with Crippen LogP contribution in [0.1, 0.15) is 29.3 Å². The molecule has 0 N–H and O–H groups in total. The van der Waals surface area contributed by atoms with Crippen molar-refractivity contribution >= 4 is 17.7 Å². The van der Waals surface area contributed by atoms with Crippen molar-refractivity contribution in [3.05, 3.63) is 35.4 Å². The number of rotatable bonds is 3. The molecule has 1 aliphatic heterocycles. The Morgan fingerprint density at radius 2 is 1.96 bits per heavy atom. The molecule has 0 aromatic heterocycles. The summed E-state index contributed by atoms with van der Waals surface area (Å²) in [5.74, 6) is -3.03. The molecule has 1 aromatic rings. The summed E-state index contributed by atoms with van der Waals surface area (Å²) in [5, 5.41) is 0. The molecule has 5 nitrogen and oxygen atoms in total. The smallest absolute Gasteiger partial charge is 0.417 e. The Bertz CT molecular complexity index is 657. The predicted molar refractivity (Wildman–Crippen MR) is 77.1 cm³/mol. The van der Waals surface area contributed by atoms with Gasteiger partial charge in [0.05, 0.1) is 24.3 Å². The van der Waals surface area contributed by atoms with E-state index in [-0.39, 0.29) is 19.6 Å². The number of carbonyl (C=O) groups is 3. The van der Waals surface area contributed by atoms with Gasteiger partial charge in [0, 0.05) is 6.54 Å². The summed E-state index contributed by atoms with van der Waals surface area (Å²) in [5.41, 5.74) is -1.55. The molecule has 1 heterocycles. The van der Waals surface area contributed by atoms with Crippen molar-refractivity contribution in [1.82, 2.24) is 4.90 Å². The maximum absolute atomic E-state index is 13.0. The second kappa shape index (κ2) is 7.02. The van der Waals surface area contributed by atoms with Crippen molar-refractivity contribution in [3.63, 3.8) is 0 Å². The molecule has 1 unspecified atom stereocenters. The van der Waals surface area contributed by atoms with E-state index < -0.39 is 47.4 Å². The largest absolute Gasteiger partial charge is 0.465 e. The Hall–Kier alpha value is -2.38. The molecule has 0 bridgehead atoms. The summed E-state index contributed by atoms with van der Waals surface area (Å²) < 4.78 is 43.8. The van der Waals surface area contributed by atoms with E-state index in [0.717, 1.165) is 17.0 Å². The van der Waals surface area contributed by atoms with Crippen LogP contribution < -0.4 is 0 Å². The molecule has 1 amide bonds. The van der Waals surface area contributed by atoms with Gasteiger partial charge >= 0.3 is 12.1 Å². The molecular weight excluding hydrogens is 327 g/mol. The van der Waals surface area contributed by atoms with Gasteiger partial charge < -0.3 is 9.64 Å². The first-order chi connectivity index (χ1) is 11.3. The number of alkyl halides is 3. The van der Waals surface area contributed by atoms with Gasteiger partial charge in [-0.3, -0.25) is 14.4 Å². The number of carbonyl (C=O) groups excluding carboxylic acids is 3. The molecule has 1 saturated heterocycles. The van der Waals surface area contributed by atoms with E-state index in [9.17, 15) is 27.6 Å². The van der Waals surface area contributed by atoms with Crippen LogP contribution in [-0.4, -0.2) is 42.3 Å². The zero-order valence-electron chi connectivity index (χ0n) is 12.9. The fourth-order valence-corrected chi connectivity index (χ4v) is 2.58. The normalized spacial score (nSPS) is 18.4. The molecule has 1 atom stereocenters. The number of halogens is 3. The van der Waals surface area contributed by atoms with Crippen LogP contribution >= 0.6 is 0 Å². The van der Waals surface area contributed by atoms with Crippen LogP contribution in [0.25, 0.3) is 0 Å². The third kappa shape index (κ3) is 3.74. The molecule has 1 aliphatic rings. The molecule has 24 heavy (non-hydrogen) atoms. The fraction of sp³-hybridized carbons (Fsp3) is 0.438. The highest BCUT2D eigenvalue weighted by Crippen LogP contribution is 2.32. The minimum Gasteiger partial charge on any atom is -0.465 e. The lowest BCUT2D eigenvalue weighted by molar-refractivity contribution is -0.153. The van der Waals surface area contributed by atoms with Gasteiger partial charge in [-0.2, -0.15) is 13.2 Å². The van der Waals surface area contributed by atoms with Crippen molar-refractivity contribution in [2.45, 2.75) is 19.5 Å². The predicted octanol–water partition coefficient (Wildman–Crippen LogP) is 2.30. The molecule has 1 aromatic carbocycles. The average molecular weight is 343 g/mol. The first-order valence-electron chi connectivity index (χ1n) is 7.40. The maximum atomic E-state index is 13.0. The van der Waals surface area contributed by atoms with Gasteiger partial charge in [0.15, 0.2) is 5.78 Å². The van der Waals surface area contributed by atoms with Crippen molar-refractivity contribution in [2.75, 3.05) is 19.7 Å². The molecule has 0 aliphatic carbocycles. The van der Waals surface area contributed by atoms with Gasteiger partial charge in [0.1, 0.15) is 5.92 Å². The molecule has 130 valence electrons. The van der Waals surface area contributed by atoms with Crippen LogP contribution in [-0.2, 0) is 20.5 Å². The highest BCUT2D eigenvalue weighted by atomic mass is 19.4. The van der Waals surface area contributed by atoms with Crippen molar-refractivity contribution < 1.29 is 32.3 Å². The van der Waals surface area contributed by atoms with Crippen LogP contribution in [0.4, 0.5) is 13.2 Å². The van der Waals surface area contributed by atoms with E-state index in [1.54, 1.807) is 6.92 Å². The summed E-state index contributed by atoms with van der Waals surface area (Å²) >= 11 is 0. The van der Waals surface area contributed by atoms with Gasteiger partial charge in [0.2, 0.25) is 0 Å². The number of hydrogen-bond acceptors (Lipinski definition) is 4. The monoisotopic (exact) mass is 343 g/mol. The van der Waals surface area contributed by atoms with E-state index in [1.165, 1.54) is 12.1 Å². The second-order valence-electron chi connectivity index (χ2n) is 5.33. The standard InChI is InChI=1S/C16H16F3NO4/c1-2-24-15(23)11-7-8-20(9-13(11)21)14(22)10-5-3-4-6-12(10)16(17,18)19/h3-6,11H,2,7-9H2,1H3. The zero-order chi connectivity index (χ0) is 17.9. The van der Waals surface area contributed by atoms with Crippen LogP contribution in [0.5, 0.6) is 0 Å². The molecule has 8 heteroatoms. The van der Waals surface area contributed by atoms with Gasteiger partial charge in [-0.1, -0.05) is 12.1 Å². The highest BCUT2D eigenvalue weighted by molar-refractivity contribution is 6.04. The Kier molecular flexibility index (Phi) is 5.26. The number of ketones is 1. The number of piperidine rings is 1. The summed E-state index contributed by atoms with van der Waals surface area (Å²) in [6, 6.07) is 4.42. The van der Waals surface area contributed by atoms with Gasteiger partial charge in [-0.25, -0.2) is 0 Å². The number of nitrogens with zero attached hydrogens (tertiary/aromatic N) is 1. The zero-order valence-corrected chi connectivity index (χ0v) is 12.9. The molecule has 0 saturated carbocycles. The molecule has 0 radical (unpaired) electrons. The van der Waals surface area contributed by atoms with Gasteiger partial charge in [0.25, 0.3) is 5.91 Å². The van der Waals surface area contributed by atoms with Crippen LogP contribution in [0.15, 0.2) is 24.3 Å². The van der Waals surface area contributed by atoms with E-state index >= 15 is 0 Å². The van der Waals surface area contributed by atoms with Crippen molar-refractivity contribution in [1.29, 1.82) is 0 Å². The quantitative estimate of drug-likeness (QED) is 0.624. The minimum atomic E-state index is -4.67. The number of esters is 1. The fourth-order valence-electron chi connectivity index (χ4n) is 2.58. The van der Waals surface area contributed by atoms with Gasteiger partial charge in [-0.05, 0) is 25.5 Å². The van der Waals surface area contributed by atoms with E-state index in [4.69, 9.17) is 4.74 Å². The molecule has 1 fully saturated rings. The van der Waals surface area contributed by atoms with Crippen LogP contribution in [0, 0.1) is 5.92 Å². The number of amides is 1. The summed E-state index contributed by atoms with van der Waals surface area (Å²) in [7, 11) is 0. The molecule has 2 rings (SSSR count). The lowest BCUT2D eigenvalue weighted by atomic mass is 9.94. The van der Waals surface area contributed by atoms with Crippen LogP contribution in [0.3, 0.4) is 0 Å². The lowest BCUT2D eigenvalue weighted by Gasteiger charge is -2.30. The highest BCUT2D eigenvalue weighted by Gasteiger charge is 2.39. The number of Topliss-reactive ketones (excluding diaryl/α,β-unsaturated/α-hetero) is 1. The third-order valence-electron chi connectivity index (χ3n) is 3.74. The van der Waals surface area contributed by atoms with E-state index in [1.807, 2.05) is 0 Å². The van der Waals surface area contributed by atoms with E-state index in [0.29, 0.717) is 0 Å². The topological polar surface area (TPSA) is 63.7 Å². The first-order valence-corrected chi connectivity index (χ1v) is 7.40. The van der Waals surface area contributed by atoms with Gasteiger partial charge in [-0.15, -0.1) is 0 Å². The Balaban J connectivity index is 2.16. The Morgan fingerprint density at radius 3 is 2.54 bits per heavy atom. The summed E-state index contributed by atoms with van der Waals surface area (Å²) in [6.45, 7) is 1.34. The Labute approximate surface area is 136 Å². The average Bonchev–Trinajstić information content (AvgIpc) is 2.53. The third-order valence-corrected chi connectivity index (χ3v) is 3.74. The lowest BCUT2D eigenvalue weighted by Crippen LogP contribution is -2.47. The SMILES string of the molecule is CCOC(=O)C1CCN(C(=O)c2ccccc2C(F)(F)F)CC1=O. The summed E-state index contributed by atoms with van der Waals surface area (Å²) in [6.07, 6.45) is -4.63. The number of hydrogen-bond donors (Lipinski definition) is 0. The number of benzene rings is 1. The van der Waals surface area contributed by atoms with Crippen molar-refractivity contribution in [3.8, 4) is 0 Å². The molecule has 0 spiro atoms. The minimum absolute atomic E-state index is 0.0141. The number of likely N-dealkylation sites (tertiary alicyclic amines) is 1. The van der Waals surface area contributed by atoms with Crippen molar-refractivity contribution in [2.24, 2.45) is 5.92 Å². The second-order valence-corrected chi connectivity index (χ2v) is 5.33. The molecular formula is C16H16F3NO4. The number of ether oxygens (including phenoxy) is 1. The van der Waals surface area contributed by atoms with E-state index in [2.05, 4.69) is 0 Å². The summed E-state index contributed by atoms with van der Waals surface area (Å²) in [4.78, 5) is 37.1. The van der Waals surface area contributed by atoms with Crippen LogP contribution in [0.2, 0.25) is 0 Å². The Morgan fingerprint density at radius 1 is 1.29 bits per heavy atom. The maximum Gasteiger partial charge on any atom is 0.417 e. The first kappa shape index (κ1) is 18.0.